The molecule has 7 nitrogen and oxygen atoms in total. The maximum absolute atomic E-state index is 12.5. The van der Waals surface area contributed by atoms with E-state index in [1.807, 2.05) is 12.1 Å². The lowest BCUT2D eigenvalue weighted by molar-refractivity contribution is -0.141. The zero-order valence-corrected chi connectivity index (χ0v) is 13.4. The number of carbonyl (C=O) groups is 2. The summed E-state index contributed by atoms with van der Waals surface area (Å²) in [4.78, 5) is 27.3. The van der Waals surface area contributed by atoms with Crippen molar-refractivity contribution in [3.05, 3.63) is 29.8 Å². The van der Waals surface area contributed by atoms with Gasteiger partial charge in [-0.2, -0.15) is 5.26 Å². The predicted molar refractivity (Wildman–Crippen MR) is 84.5 cm³/mol. The molecule has 1 N–H and O–H groups in total. The van der Waals surface area contributed by atoms with Gasteiger partial charge in [0.25, 0.3) is 0 Å². The Morgan fingerprint density at radius 2 is 1.79 bits per heavy atom. The average molecular weight is 329 g/mol. The summed E-state index contributed by atoms with van der Waals surface area (Å²) in [6.45, 7) is 1.42. The molecule has 1 aromatic rings. The van der Waals surface area contributed by atoms with Gasteiger partial charge in [0.15, 0.2) is 0 Å². The minimum absolute atomic E-state index is 0.107. The van der Waals surface area contributed by atoms with Gasteiger partial charge in [-0.05, 0) is 17.7 Å². The molecular weight excluding hydrogens is 310 g/mol. The predicted octanol–water partition coefficient (Wildman–Crippen LogP) is 1.37. The third-order valence-electron chi connectivity index (χ3n) is 4.79. The van der Waals surface area contributed by atoms with Gasteiger partial charge in [-0.1, -0.05) is 12.1 Å². The van der Waals surface area contributed by atoms with Gasteiger partial charge in [-0.15, -0.1) is 0 Å². The number of carboxylic acid groups (broad SMARTS) is 1. The number of methoxy groups -OCH3 is 1. The van der Waals surface area contributed by atoms with Crippen LogP contribution >= 0.6 is 0 Å². The van der Waals surface area contributed by atoms with Crippen LogP contribution in [0.2, 0.25) is 0 Å². The molecular formula is C17H19N3O4. The second-order valence-electron chi connectivity index (χ2n) is 6.24. The zero-order valence-electron chi connectivity index (χ0n) is 13.4. The number of likely N-dealkylation sites (tertiary alicyclic amines) is 2. The third-order valence-corrected chi connectivity index (χ3v) is 4.79. The number of hydrogen-bond acceptors (Lipinski definition) is 4. The normalized spacial score (nSPS) is 23.5. The van der Waals surface area contributed by atoms with E-state index in [0.29, 0.717) is 25.4 Å². The Labute approximate surface area is 140 Å². The summed E-state index contributed by atoms with van der Waals surface area (Å²) in [5.41, 5.74) is 0.886. The lowest BCUT2D eigenvalue weighted by atomic mass is 9.89. The number of benzene rings is 1. The summed E-state index contributed by atoms with van der Waals surface area (Å²) in [6, 6.07) is 9.25. The first kappa shape index (κ1) is 16.1. The molecule has 2 atom stereocenters. The molecule has 24 heavy (non-hydrogen) atoms. The van der Waals surface area contributed by atoms with Crippen molar-refractivity contribution in [1.82, 2.24) is 9.80 Å². The molecule has 126 valence electrons. The third kappa shape index (κ3) is 2.87. The zero-order chi connectivity index (χ0) is 17.3. The van der Waals surface area contributed by atoms with Crippen molar-refractivity contribution in [2.24, 2.45) is 11.8 Å². The van der Waals surface area contributed by atoms with E-state index in [1.54, 1.807) is 29.0 Å². The van der Waals surface area contributed by atoms with Gasteiger partial charge >= 0.3 is 12.0 Å². The van der Waals surface area contributed by atoms with Gasteiger partial charge in [-0.25, -0.2) is 4.79 Å². The SMILES string of the molecule is COc1ccc([C@@H]2CN(C(=O)N3CC(C#N)C3)C[C@H]2C(=O)O)cc1. The van der Waals surface area contributed by atoms with E-state index < -0.39 is 11.9 Å². The lowest BCUT2D eigenvalue weighted by Gasteiger charge is -2.37. The second-order valence-corrected chi connectivity index (χ2v) is 6.24. The summed E-state index contributed by atoms with van der Waals surface area (Å²) in [5, 5.41) is 18.3. The number of rotatable bonds is 3. The van der Waals surface area contributed by atoms with Crippen LogP contribution in [0.4, 0.5) is 4.79 Å². The number of carboxylic acids is 1. The summed E-state index contributed by atoms with van der Waals surface area (Å²) in [5.74, 6) is -1.17. The van der Waals surface area contributed by atoms with Crippen LogP contribution in [0.15, 0.2) is 24.3 Å². The summed E-state index contributed by atoms with van der Waals surface area (Å²) in [7, 11) is 1.58. The van der Waals surface area contributed by atoms with Crippen LogP contribution in [0.25, 0.3) is 0 Å². The Morgan fingerprint density at radius 1 is 1.17 bits per heavy atom. The molecule has 0 spiro atoms. The molecule has 2 fully saturated rings. The Kier molecular flexibility index (Phi) is 4.30. The number of hydrogen-bond donors (Lipinski definition) is 1. The van der Waals surface area contributed by atoms with E-state index in [0.717, 1.165) is 5.56 Å². The molecule has 0 bridgehead atoms. The average Bonchev–Trinajstić information content (AvgIpc) is 2.99. The van der Waals surface area contributed by atoms with Crippen molar-refractivity contribution >= 4 is 12.0 Å². The van der Waals surface area contributed by atoms with Crippen molar-refractivity contribution in [2.75, 3.05) is 33.3 Å². The van der Waals surface area contributed by atoms with E-state index in [1.165, 1.54) is 0 Å². The molecule has 2 saturated heterocycles. The van der Waals surface area contributed by atoms with Crippen molar-refractivity contribution < 1.29 is 19.4 Å². The monoisotopic (exact) mass is 329 g/mol. The Balaban J connectivity index is 1.73. The van der Waals surface area contributed by atoms with Crippen LogP contribution in [-0.2, 0) is 4.79 Å². The molecule has 0 aliphatic carbocycles. The summed E-state index contributed by atoms with van der Waals surface area (Å²) < 4.78 is 5.13. The van der Waals surface area contributed by atoms with Crippen molar-refractivity contribution in [3.8, 4) is 11.8 Å². The van der Waals surface area contributed by atoms with Crippen LogP contribution < -0.4 is 4.74 Å². The molecule has 1 aromatic carbocycles. The highest BCUT2D eigenvalue weighted by atomic mass is 16.5. The lowest BCUT2D eigenvalue weighted by Crippen LogP contribution is -2.54. The molecule has 2 heterocycles. The van der Waals surface area contributed by atoms with Crippen molar-refractivity contribution in [2.45, 2.75) is 5.92 Å². The minimum Gasteiger partial charge on any atom is -0.497 e. The molecule has 0 unspecified atom stereocenters. The van der Waals surface area contributed by atoms with E-state index >= 15 is 0 Å². The van der Waals surface area contributed by atoms with E-state index in [-0.39, 0.29) is 24.4 Å². The first-order valence-corrected chi connectivity index (χ1v) is 7.83. The van der Waals surface area contributed by atoms with Crippen molar-refractivity contribution in [1.29, 1.82) is 5.26 Å². The molecule has 2 amide bonds. The van der Waals surface area contributed by atoms with Gasteiger partial charge in [0.2, 0.25) is 0 Å². The van der Waals surface area contributed by atoms with Crippen LogP contribution in [0.5, 0.6) is 5.75 Å². The maximum atomic E-state index is 12.5. The van der Waals surface area contributed by atoms with E-state index in [9.17, 15) is 14.7 Å². The number of nitriles is 1. The maximum Gasteiger partial charge on any atom is 0.320 e. The fourth-order valence-electron chi connectivity index (χ4n) is 3.32. The molecule has 3 rings (SSSR count). The van der Waals surface area contributed by atoms with Gasteiger partial charge in [0, 0.05) is 32.1 Å². The quantitative estimate of drug-likeness (QED) is 0.904. The number of nitrogens with zero attached hydrogens (tertiary/aromatic N) is 3. The molecule has 0 aromatic heterocycles. The van der Waals surface area contributed by atoms with Crippen LogP contribution in [0, 0.1) is 23.2 Å². The molecule has 0 radical (unpaired) electrons. The number of urea groups is 1. The highest BCUT2D eigenvalue weighted by molar-refractivity contribution is 5.79. The smallest absolute Gasteiger partial charge is 0.320 e. The summed E-state index contributed by atoms with van der Waals surface area (Å²) >= 11 is 0. The number of ether oxygens (including phenoxy) is 1. The molecule has 0 saturated carbocycles. The van der Waals surface area contributed by atoms with Gasteiger partial charge in [-0.3, -0.25) is 4.79 Å². The van der Waals surface area contributed by atoms with Crippen LogP contribution in [-0.4, -0.2) is 60.2 Å². The fraction of sp³-hybridized carbons (Fsp3) is 0.471. The standard InChI is InChI=1S/C17H19N3O4/c1-24-13-4-2-12(3-5-13)14-9-20(10-15(14)16(21)22)17(23)19-7-11(6-18)8-19/h2-5,11,14-15H,7-10H2,1H3,(H,21,22)/t14-,15+/m0/s1. The number of amides is 2. The van der Waals surface area contributed by atoms with Gasteiger partial charge in [0.1, 0.15) is 5.75 Å². The molecule has 2 aliphatic rings. The highest BCUT2D eigenvalue weighted by Gasteiger charge is 2.43. The Bertz CT molecular complexity index is 676. The highest BCUT2D eigenvalue weighted by Crippen LogP contribution is 2.35. The van der Waals surface area contributed by atoms with Crippen molar-refractivity contribution in [3.63, 3.8) is 0 Å². The van der Waals surface area contributed by atoms with E-state index in [4.69, 9.17) is 10.00 Å². The summed E-state index contributed by atoms with van der Waals surface area (Å²) in [6.07, 6.45) is 0. The van der Waals surface area contributed by atoms with Gasteiger partial charge < -0.3 is 19.6 Å². The largest absolute Gasteiger partial charge is 0.497 e. The topological polar surface area (TPSA) is 93.9 Å². The molecule has 2 aliphatic heterocycles. The second kappa shape index (κ2) is 6.40. The van der Waals surface area contributed by atoms with Crippen LogP contribution in [0.3, 0.4) is 0 Å². The Morgan fingerprint density at radius 3 is 2.33 bits per heavy atom. The Hall–Kier alpha value is -2.75. The number of carbonyl (C=O) groups excluding carboxylic acids is 1. The first-order valence-electron chi connectivity index (χ1n) is 7.83. The number of aliphatic carboxylic acids is 1. The van der Waals surface area contributed by atoms with Crippen LogP contribution in [0.1, 0.15) is 11.5 Å². The first-order chi connectivity index (χ1) is 11.5. The fourth-order valence-corrected chi connectivity index (χ4v) is 3.32. The van der Waals surface area contributed by atoms with E-state index in [2.05, 4.69) is 6.07 Å². The minimum atomic E-state index is -0.898. The molecule has 7 heteroatoms. The van der Waals surface area contributed by atoms with Gasteiger partial charge in [0.05, 0.1) is 25.0 Å².